The van der Waals surface area contributed by atoms with Gasteiger partial charge in [0.15, 0.2) is 0 Å². The largest absolute Gasteiger partial charge is 0.389 e. The predicted octanol–water partition coefficient (Wildman–Crippen LogP) is 5.71. The van der Waals surface area contributed by atoms with Gasteiger partial charge in [-0.1, -0.05) is 55.5 Å². The van der Waals surface area contributed by atoms with Crippen molar-refractivity contribution in [3.05, 3.63) is 66.0 Å². The molecule has 4 rings (SSSR count). The van der Waals surface area contributed by atoms with Crippen LogP contribution in [0.15, 0.2) is 54.7 Å². The molecule has 1 atom stereocenters. The van der Waals surface area contributed by atoms with E-state index in [1.807, 2.05) is 30.3 Å². The molecule has 0 radical (unpaired) electrons. The third kappa shape index (κ3) is 5.26. The van der Waals surface area contributed by atoms with Crippen molar-refractivity contribution >= 4 is 0 Å². The van der Waals surface area contributed by atoms with Gasteiger partial charge in [-0.05, 0) is 67.9 Å². The summed E-state index contributed by atoms with van der Waals surface area (Å²) in [6.07, 6.45) is -16.6. The molecule has 0 bridgehead atoms. The smallest absolute Gasteiger partial charge is 0.0759 e. The van der Waals surface area contributed by atoms with Crippen molar-refractivity contribution in [1.29, 1.82) is 0 Å². The van der Waals surface area contributed by atoms with Gasteiger partial charge in [-0.25, -0.2) is 0 Å². The van der Waals surface area contributed by atoms with Gasteiger partial charge in [0, 0.05) is 33.4 Å². The van der Waals surface area contributed by atoms with E-state index in [4.69, 9.17) is 18.4 Å². The van der Waals surface area contributed by atoms with Crippen molar-refractivity contribution in [2.75, 3.05) is 0 Å². The maximum absolute atomic E-state index is 12.5. The lowest BCUT2D eigenvalue weighted by Crippen LogP contribution is -2.49. The van der Waals surface area contributed by atoms with Crippen molar-refractivity contribution in [1.82, 2.24) is 4.98 Å². The molecule has 1 aromatic carbocycles. The van der Waals surface area contributed by atoms with Crippen LogP contribution in [0.5, 0.6) is 0 Å². The lowest BCUT2D eigenvalue weighted by Gasteiger charge is -2.46. The van der Waals surface area contributed by atoms with Crippen molar-refractivity contribution in [2.45, 2.75) is 82.3 Å². The highest BCUT2D eigenvalue weighted by Gasteiger charge is 2.45. The molecule has 1 unspecified atom stereocenters. The molecule has 3 heteroatoms. The van der Waals surface area contributed by atoms with Crippen LogP contribution in [0, 0.1) is 11.8 Å². The minimum Gasteiger partial charge on any atom is -0.389 e. The van der Waals surface area contributed by atoms with Crippen molar-refractivity contribution in [3.63, 3.8) is 0 Å². The van der Waals surface area contributed by atoms with E-state index in [-0.39, 0.29) is 24.6 Å². The fourth-order valence-electron chi connectivity index (χ4n) is 4.18. The fraction of sp³-hybridized carbons (Fsp3) is 0.577. The number of hydrogen-bond acceptors (Lipinski definition) is 3. The normalized spacial score (nSPS) is 40.8. The van der Waals surface area contributed by atoms with Gasteiger partial charge >= 0.3 is 0 Å². The summed E-state index contributed by atoms with van der Waals surface area (Å²) in [6.45, 7) is 0.358. The molecule has 2 saturated carbocycles. The number of benzene rings is 1. The zero-order chi connectivity index (χ0) is 29.8. The molecule has 3 nitrogen and oxygen atoms in total. The molecule has 0 saturated heterocycles. The molecule has 0 spiro atoms. The van der Waals surface area contributed by atoms with Gasteiger partial charge in [-0.15, -0.1) is 0 Å². The lowest BCUT2D eigenvalue weighted by atomic mass is 9.64. The first kappa shape index (κ1) is 11.1. The summed E-state index contributed by atoms with van der Waals surface area (Å²) in [5, 5.41) is 12.5. The summed E-state index contributed by atoms with van der Waals surface area (Å²) < 4.78 is 100. The highest BCUT2D eigenvalue weighted by Crippen LogP contribution is 2.45. The van der Waals surface area contributed by atoms with Crippen molar-refractivity contribution in [3.8, 4) is 0 Å². The van der Waals surface area contributed by atoms with Crippen molar-refractivity contribution < 1.29 is 24.9 Å². The van der Waals surface area contributed by atoms with E-state index in [1.165, 1.54) is 12.3 Å². The van der Waals surface area contributed by atoms with Gasteiger partial charge in [-0.3, -0.25) is 4.98 Å². The van der Waals surface area contributed by atoms with E-state index >= 15 is 0 Å². The van der Waals surface area contributed by atoms with Gasteiger partial charge < -0.3 is 9.84 Å². The molecule has 1 heterocycles. The number of pyridine rings is 1. The summed E-state index contributed by atoms with van der Waals surface area (Å²) in [5.74, 6) is -4.43. The molecule has 0 aliphatic heterocycles. The monoisotopic (exact) mass is 404 g/mol. The zero-order valence-corrected chi connectivity index (χ0v) is 16.4. The topological polar surface area (TPSA) is 42.4 Å². The quantitative estimate of drug-likeness (QED) is 0.642. The molecule has 1 N–H and O–H groups in total. The van der Waals surface area contributed by atoms with Gasteiger partial charge in [0.25, 0.3) is 0 Å². The fourth-order valence-corrected chi connectivity index (χ4v) is 4.18. The van der Waals surface area contributed by atoms with Crippen LogP contribution in [0.1, 0.15) is 83.9 Å². The van der Waals surface area contributed by atoms with Crippen LogP contribution >= 0.6 is 0 Å². The Balaban J connectivity index is 1.75. The van der Waals surface area contributed by atoms with Crippen LogP contribution in [-0.2, 0) is 17.8 Å². The second kappa shape index (κ2) is 9.86. The highest BCUT2D eigenvalue weighted by atomic mass is 16.5. The average Bonchev–Trinajstić information content (AvgIpc) is 2.91. The lowest BCUT2D eigenvalue weighted by molar-refractivity contribution is -0.106. The summed E-state index contributed by atoms with van der Waals surface area (Å²) in [4.78, 5) is 4.18. The Labute approximate surface area is 191 Å². The molecule has 2 aliphatic carbocycles. The molecule has 156 valence electrons. The maximum atomic E-state index is 12.5. The molecule has 0 amide bonds. The van der Waals surface area contributed by atoms with E-state index in [2.05, 4.69) is 4.98 Å². The highest BCUT2D eigenvalue weighted by molar-refractivity contribution is 5.13. The third-order valence-corrected chi connectivity index (χ3v) is 5.79. The Kier molecular flexibility index (Phi) is 3.76. The molecule has 2 aliphatic rings. The zero-order valence-electron chi connectivity index (χ0n) is 27.4. The van der Waals surface area contributed by atoms with Gasteiger partial charge in [0.1, 0.15) is 0 Å². The van der Waals surface area contributed by atoms with E-state index in [9.17, 15) is 6.48 Å². The molecule has 29 heavy (non-hydrogen) atoms. The Morgan fingerprint density at radius 2 is 1.72 bits per heavy atom. The molecular weight excluding hydrogens is 358 g/mol. The number of ether oxygens (including phenoxy) is 1. The first-order chi connectivity index (χ1) is 18.4. The predicted molar refractivity (Wildman–Crippen MR) is 116 cm³/mol. The number of aliphatic hydroxyl groups is 1. The molecular formula is C26H35NO2. The maximum Gasteiger partial charge on any atom is 0.0759 e. The molecule has 1 aromatic heterocycles. The van der Waals surface area contributed by atoms with Crippen LogP contribution in [-0.4, -0.2) is 21.8 Å². The first-order valence-electron chi connectivity index (χ1n) is 15.7. The van der Waals surface area contributed by atoms with Crippen LogP contribution in [0.4, 0.5) is 0 Å². The number of aromatic nitrogens is 1. The van der Waals surface area contributed by atoms with Gasteiger partial charge in [-0.2, -0.15) is 0 Å². The van der Waals surface area contributed by atoms with E-state index in [0.717, 1.165) is 5.56 Å². The Morgan fingerprint density at radius 1 is 1.00 bits per heavy atom. The SMILES string of the molecule is [2H]C1([2H])C([2H])([2H])C([2H])([2H])C([2H])(C(O)(Cc2ccccn2)C2CCC(OCc3ccccc3)CC2)C([2H])([2H])C1([2H])[2H]. The van der Waals surface area contributed by atoms with Crippen LogP contribution < -0.4 is 0 Å². The number of rotatable bonds is 7. The van der Waals surface area contributed by atoms with Gasteiger partial charge in [0.2, 0.25) is 0 Å². The van der Waals surface area contributed by atoms with Gasteiger partial charge in [0.05, 0.1) is 18.3 Å². The Hall–Kier alpha value is -1.71. The summed E-state index contributed by atoms with van der Waals surface area (Å²) in [7, 11) is 0. The minimum absolute atomic E-state index is 0.175. The number of nitrogens with zero attached hydrogens (tertiary/aromatic N) is 1. The first-order valence-corrected chi connectivity index (χ1v) is 10.2. The van der Waals surface area contributed by atoms with Crippen LogP contribution in [0.3, 0.4) is 0 Å². The summed E-state index contributed by atoms with van der Waals surface area (Å²) in [5.41, 5.74) is -1.50. The van der Waals surface area contributed by atoms with Crippen LogP contribution in [0.25, 0.3) is 0 Å². The molecule has 2 aromatic rings. The van der Waals surface area contributed by atoms with E-state index in [1.54, 1.807) is 12.1 Å². The minimum atomic E-state index is -3.68. The average molecular weight is 405 g/mol. The third-order valence-electron chi connectivity index (χ3n) is 5.79. The van der Waals surface area contributed by atoms with E-state index < -0.39 is 55.7 Å². The number of hydrogen-bond donors (Lipinski definition) is 1. The van der Waals surface area contributed by atoms with Crippen molar-refractivity contribution in [2.24, 2.45) is 11.8 Å². The molecule has 2 fully saturated rings. The van der Waals surface area contributed by atoms with Crippen LogP contribution in [0.2, 0.25) is 0 Å². The second-order valence-electron chi connectivity index (χ2n) is 7.69. The summed E-state index contributed by atoms with van der Waals surface area (Å²) in [6, 6.07) is 14.3. The standard InChI is InChI=1S/C26H35NO2/c28-26(22-11-5-2-6-12-22,19-24-13-7-8-18-27-24)23-14-16-25(17-15-23)29-20-21-9-3-1-4-10-21/h1,3-4,7-10,13,18,22-23,25,28H,2,5-6,11-12,14-17,19-20H2/i2D2,5D2,6D2,11D2,12D2,22D. The second-order valence-corrected chi connectivity index (χ2v) is 7.69. The Bertz CT molecular complexity index is 1140. The van der Waals surface area contributed by atoms with E-state index in [0.29, 0.717) is 19.4 Å². The summed E-state index contributed by atoms with van der Waals surface area (Å²) >= 11 is 0. The Morgan fingerprint density at radius 3 is 2.41 bits per heavy atom.